The molecule has 0 saturated carbocycles. The molecule has 0 spiro atoms. The van der Waals surface area contributed by atoms with Crippen LogP contribution >= 0.6 is 0 Å². The summed E-state index contributed by atoms with van der Waals surface area (Å²) < 4.78 is 1.65. The molecule has 3 rings (SSSR count). The fourth-order valence-corrected chi connectivity index (χ4v) is 2.03. The van der Waals surface area contributed by atoms with Crippen LogP contribution in [-0.4, -0.2) is 19.7 Å². The van der Waals surface area contributed by atoms with Crippen LogP contribution in [0, 0.1) is 6.92 Å². The number of benzene rings is 1. The van der Waals surface area contributed by atoms with Gasteiger partial charge in [0, 0.05) is 12.7 Å². The van der Waals surface area contributed by atoms with Gasteiger partial charge in [-0.2, -0.15) is 5.10 Å². The maximum Gasteiger partial charge on any atom is 0.178 e. The number of nitrogens with one attached hydrogen (secondary N) is 1. The third-order valence-electron chi connectivity index (χ3n) is 3.15. The lowest BCUT2D eigenvalue weighted by Crippen LogP contribution is -2.07. The van der Waals surface area contributed by atoms with Crippen LogP contribution in [0.5, 0.6) is 0 Å². The van der Waals surface area contributed by atoms with E-state index in [1.54, 1.807) is 17.2 Å². The zero-order valence-corrected chi connectivity index (χ0v) is 11.2. The number of rotatable bonds is 4. The molecule has 3 aromatic rings. The van der Waals surface area contributed by atoms with Gasteiger partial charge in [-0.05, 0) is 30.2 Å². The highest BCUT2D eigenvalue weighted by atomic mass is 15.3. The molecule has 0 radical (unpaired) electrons. The predicted molar refractivity (Wildman–Crippen MR) is 77.7 cm³/mol. The van der Waals surface area contributed by atoms with E-state index in [1.807, 2.05) is 24.3 Å². The smallest absolute Gasteiger partial charge is 0.178 e. The number of aryl methyl sites for hydroxylation is 1. The first-order chi connectivity index (χ1) is 9.84. The average molecular weight is 265 g/mol. The average Bonchev–Trinajstić information content (AvgIpc) is 3.01. The van der Waals surface area contributed by atoms with Crippen LogP contribution in [0.2, 0.25) is 0 Å². The van der Waals surface area contributed by atoms with Crippen LogP contribution < -0.4 is 5.32 Å². The monoisotopic (exact) mass is 265 g/mol. The predicted octanol–water partition coefficient (Wildman–Crippen LogP) is 2.58. The molecule has 5 heteroatoms. The van der Waals surface area contributed by atoms with Crippen LogP contribution in [0.3, 0.4) is 0 Å². The number of pyridine rings is 1. The maximum absolute atomic E-state index is 4.35. The molecular formula is C15H15N5. The Bertz CT molecular complexity index is 691. The summed E-state index contributed by atoms with van der Waals surface area (Å²) >= 11 is 0. The molecule has 2 aromatic heterocycles. The molecule has 1 N–H and O–H groups in total. The van der Waals surface area contributed by atoms with Crippen LogP contribution in [0.1, 0.15) is 11.1 Å². The molecule has 0 amide bonds. The minimum Gasteiger partial charge on any atom is -0.378 e. The van der Waals surface area contributed by atoms with Crippen molar-refractivity contribution in [3.63, 3.8) is 0 Å². The molecule has 0 aliphatic carbocycles. The maximum atomic E-state index is 4.35. The second-order valence-electron chi connectivity index (χ2n) is 4.49. The van der Waals surface area contributed by atoms with Gasteiger partial charge in [0.25, 0.3) is 0 Å². The van der Waals surface area contributed by atoms with Crippen molar-refractivity contribution in [2.45, 2.75) is 13.5 Å². The van der Waals surface area contributed by atoms with Crippen molar-refractivity contribution in [2.24, 2.45) is 0 Å². The summed E-state index contributed by atoms with van der Waals surface area (Å²) in [5.74, 6) is 0.749. The fraction of sp³-hybridized carbons (Fsp3) is 0.133. The third-order valence-corrected chi connectivity index (χ3v) is 3.15. The number of anilines is 1. The van der Waals surface area contributed by atoms with Crippen LogP contribution in [0.4, 0.5) is 5.69 Å². The summed E-state index contributed by atoms with van der Waals surface area (Å²) in [6.07, 6.45) is 4.89. The lowest BCUT2D eigenvalue weighted by atomic mass is 10.1. The van der Waals surface area contributed by atoms with E-state index in [1.165, 1.54) is 17.5 Å². The van der Waals surface area contributed by atoms with E-state index in [-0.39, 0.29) is 0 Å². The summed E-state index contributed by atoms with van der Waals surface area (Å²) in [4.78, 5) is 8.31. The quantitative estimate of drug-likeness (QED) is 0.787. The van der Waals surface area contributed by atoms with Crippen molar-refractivity contribution in [1.82, 2.24) is 19.7 Å². The Balaban J connectivity index is 1.84. The lowest BCUT2D eigenvalue weighted by Gasteiger charge is -2.11. The molecule has 0 atom stereocenters. The van der Waals surface area contributed by atoms with Crippen molar-refractivity contribution in [2.75, 3.05) is 5.32 Å². The molecule has 0 unspecified atom stereocenters. The van der Waals surface area contributed by atoms with Gasteiger partial charge in [-0.3, -0.25) is 0 Å². The minimum atomic E-state index is 0.749. The highest BCUT2D eigenvalue weighted by molar-refractivity contribution is 5.56. The Labute approximate surface area is 117 Å². The first-order valence-electron chi connectivity index (χ1n) is 6.43. The summed E-state index contributed by atoms with van der Waals surface area (Å²) in [6.45, 7) is 2.86. The van der Waals surface area contributed by atoms with Gasteiger partial charge in [0.05, 0.1) is 5.69 Å². The van der Waals surface area contributed by atoms with Crippen molar-refractivity contribution < 1.29 is 0 Å². The SMILES string of the molecule is Cc1ccccc1CNc1cccnc1-n1cncn1. The van der Waals surface area contributed by atoms with E-state index in [2.05, 4.69) is 39.4 Å². The molecule has 0 fully saturated rings. The molecule has 0 aliphatic heterocycles. The molecule has 0 bridgehead atoms. The summed E-state index contributed by atoms with van der Waals surface area (Å²) in [5.41, 5.74) is 3.47. The molecule has 20 heavy (non-hydrogen) atoms. The van der Waals surface area contributed by atoms with Gasteiger partial charge in [0.2, 0.25) is 0 Å². The highest BCUT2D eigenvalue weighted by Gasteiger charge is 2.06. The Morgan fingerprint density at radius 1 is 1.15 bits per heavy atom. The van der Waals surface area contributed by atoms with E-state index >= 15 is 0 Å². The number of aromatic nitrogens is 4. The second-order valence-corrected chi connectivity index (χ2v) is 4.49. The van der Waals surface area contributed by atoms with Crippen molar-refractivity contribution in [3.8, 4) is 5.82 Å². The van der Waals surface area contributed by atoms with Gasteiger partial charge in [0.1, 0.15) is 12.7 Å². The molecule has 0 saturated heterocycles. The Kier molecular flexibility index (Phi) is 3.41. The number of hydrogen-bond acceptors (Lipinski definition) is 4. The molecular weight excluding hydrogens is 250 g/mol. The second kappa shape index (κ2) is 5.52. The van der Waals surface area contributed by atoms with Crippen molar-refractivity contribution in [1.29, 1.82) is 0 Å². The van der Waals surface area contributed by atoms with E-state index in [9.17, 15) is 0 Å². The Morgan fingerprint density at radius 3 is 2.85 bits per heavy atom. The van der Waals surface area contributed by atoms with Crippen LogP contribution in [-0.2, 0) is 6.54 Å². The van der Waals surface area contributed by atoms with E-state index in [0.717, 1.165) is 18.1 Å². The molecule has 1 aromatic carbocycles. The zero-order valence-electron chi connectivity index (χ0n) is 11.2. The number of hydrogen-bond donors (Lipinski definition) is 1. The standard InChI is InChI=1S/C15H15N5/c1-12-5-2-3-6-13(12)9-18-14-7-4-8-17-15(14)20-11-16-10-19-20/h2-8,10-11,18H,9H2,1H3. The first-order valence-corrected chi connectivity index (χ1v) is 6.43. The van der Waals surface area contributed by atoms with E-state index in [0.29, 0.717) is 0 Å². The van der Waals surface area contributed by atoms with Gasteiger partial charge in [-0.25, -0.2) is 14.6 Å². The van der Waals surface area contributed by atoms with Gasteiger partial charge in [-0.15, -0.1) is 0 Å². The van der Waals surface area contributed by atoms with Gasteiger partial charge in [0.15, 0.2) is 5.82 Å². The highest BCUT2D eigenvalue weighted by Crippen LogP contribution is 2.17. The summed E-state index contributed by atoms with van der Waals surface area (Å²) in [7, 11) is 0. The summed E-state index contributed by atoms with van der Waals surface area (Å²) in [5, 5.41) is 7.53. The fourth-order valence-electron chi connectivity index (χ4n) is 2.03. The topological polar surface area (TPSA) is 55.6 Å². The normalized spacial score (nSPS) is 10.4. The molecule has 5 nitrogen and oxygen atoms in total. The lowest BCUT2D eigenvalue weighted by molar-refractivity contribution is 0.844. The first kappa shape index (κ1) is 12.3. The number of nitrogens with zero attached hydrogens (tertiary/aromatic N) is 4. The zero-order chi connectivity index (χ0) is 13.8. The largest absolute Gasteiger partial charge is 0.378 e. The van der Waals surface area contributed by atoms with Crippen LogP contribution in [0.15, 0.2) is 55.2 Å². The van der Waals surface area contributed by atoms with Gasteiger partial charge < -0.3 is 5.32 Å². The van der Waals surface area contributed by atoms with E-state index < -0.39 is 0 Å². The Hall–Kier alpha value is -2.69. The molecule has 0 aliphatic rings. The van der Waals surface area contributed by atoms with Gasteiger partial charge >= 0.3 is 0 Å². The molecule has 2 heterocycles. The van der Waals surface area contributed by atoms with Gasteiger partial charge in [-0.1, -0.05) is 24.3 Å². The minimum absolute atomic E-state index is 0.749. The third kappa shape index (κ3) is 2.51. The van der Waals surface area contributed by atoms with Crippen molar-refractivity contribution in [3.05, 3.63) is 66.4 Å². The molecule has 100 valence electrons. The Morgan fingerprint density at radius 2 is 2.05 bits per heavy atom. The van der Waals surface area contributed by atoms with Crippen molar-refractivity contribution >= 4 is 5.69 Å². The summed E-state index contributed by atoms with van der Waals surface area (Å²) in [6, 6.07) is 12.2. The van der Waals surface area contributed by atoms with Crippen LogP contribution in [0.25, 0.3) is 5.82 Å². The van der Waals surface area contributed by atoms with E-state index in [4.69, 9.17) is 0 Å².